The Morgan fingerprint density at radius 3 is 2.79 bits per heavy atom. The van der Waals surface area contributed by atoms with Crippen LogP contribution in [-0.2, 0) is 11.3 Å². The fourth-order valence-electron chi connectivity index (χ4n) is 2.60. The molecule has 126 valence electrons. The fraction of sp³-hybridized carbons (Fsp3) is 0.316. The van der Waals surface area contributed by atoms with E-state index in [9.17, 15) is 4.79 Å². The Bertz CT molecular complexity index is 681. The van der Waals surface area contributed by atoms with Crippen molar-refractivity contribution in [2.45, 2.75) is 25.5 Å². The number of carbonyl (C=O) groups is 1. The predicted octanol–water partition coefficient (Wildman–Crippen LogP) is 3.83. The number of halogens is 1. The van der Waals surface area contributed by atoms with Crippen molar-refractivity contribution < 1.29 is 14.3 Å². The van der Waals surface area contributed by atoms with Gasteiger partial charge in [-0.1, -0.05) is 23.7 Å². The minimum absolute atomic E-state index is 0.124. The molecule has 5 heteroatoms. The molecular formula is C19H20ClNO3. The normalized spacial score (nSPS) is 16.8. The first kappa shape index (κ1) is 16.8. The summed E-state index contributed by atoms with van der Waals surface area (Å²) in [7, 11) is 0. The molecule has 1 amide bonds. The first-order valence-electron chi connectivity index (χ1n) is 8.08. The lowest BCUT2D eigenvalue weighted by molar-refractivity contribution is 0.0679. The van der Waals surface area contributed by atoms with Gasteiger partial charge in [0.15, 0.2) is 0 Å². The second-order valence-corrected chi connectivity index (χ2v) is 6.22. The second-order valence-electron chi connectivity index (χ2n) is 5.78. The van der Waals surface area contributed by atoms with Gasteiger partial charge in [0.1, 0.15) is 12.4 Å². The SMILES string of the molecule is O=C(NCc1cccc(Cl)c1)c1ccc(OC[C@@H]2CCCO2)cc1. The molecule has 0 unspecified atom stereocenters. The van der Waals surface area contributed by atoms with Gasteiger partial charge in [0, 0.05) is 23.7 Å². The van der Waals surface area contributed by atoms with Crippen LogP contribution in [0.5, 0.6) is 5.75 Å². The van der Waals surface area contributed by atoms with Crippen molar-refractivity contribution in [3.8, 4) is 5.75 Å². The molecule has 1 heterocycles. The zero-order chi connectivity index (χ0) is 16.8. The summed E-state index contributed by atoms with van der Waals surface area (Å²) in [5, 5.41) is 3.54. The van der Waals surface area contributed by atoms with Gasteiger partial charge in [0.05, 0.1) is 6.10 Å². The van der Waals surface area contributed by atoms with Crippen LogP contribution in [0.1, 0.15) is 28.8 Å². The van der Waals surface area contributed by atoms with Crippen LogP contribution in [0.25, 0.3) is 0 Å². The summed E-state index contributed by atoms with van der Waals surface area (Å²) in [5.41, 5.74) is 1.56. The summed E-state index contributed by atoms with van der Waals surface area (Å²) in [4.78, 5) is 12.2. The Kier molecular flexibility index (Phi) is 5.72. The van der Waals surface area contributed by atoms with Crippen molar-refractivity contribution in [2.75, 3.05) is 13.2 Å². The van der Waals surface area contributed by atoms with Gasteiger partial charge in [0.25, 0.3) is 5.91 Å². The number of carbonyl (C=O) groups excluding carboxylic acids is 1. The summed E-state index contributed by atoms with van der Waals surface area (Å²) in [6, 6.07) is 14.6. The monoisotopic (exact) mass is 345 g/mol. The Labute approximate surface area is 146 Å². The molecule has 0 aliphatic carbocycles. The molecule has 24 heavy (non-hydrogen) atoms. The zero-order valence-corrected chi connectivity index (χ0v) is 14.1. The molecule has 0 spiro atoms. The van der Waals surface area contributed by atoms with Gasteiger partial charge in [-0.05, 0) is 54.8 Å². The molecule has 1 fully saturated rings. The van der Waals surface area contributed by atoms with Gasteiger partial charge in [-0.3, -0.25) is 4.79 Å². The van der Waals surface area contributed by atoms with Crippen LogP contribution >= 0.6 is 11.6 Å². The number of hydrogen-bond acceptors (Lipinski definition) is 3. The van der Waals surface area contributed by atoms with E-state index in [1.807, 2.05) is 36.4 Å². The first-order chi connectivity index (χ1) is 11.7. The maximum absolute atomic E-state index is 12.2. The van der Waals surface area contributed by atoms with E-state index in [-0.39, 0.29) is 12.0 Å². The van der Waals surface area contributed by atoms with Crippen molar-refractivity contribution in [3.63, 3.8) is 0 Å². The molecule has 1 aliphatic rings. The number of hydrogen-bond donors (Lipinski definition) is 1. The fourth-order valence-corrected chi connectivity index (χ4v) is 2.81. The van der Waals surface area contributed by atoms with E-state index in [1.165, 1.54) is 0 Å². The molecule has 1 aliphatic heterocycles. The van der Waals surface area contributed by atoms with Crippen LogP contribution in [0.3, 0.4) is 0 Å². The van der Waals surface area contributed by atoms with Crippen molar-refractivity contribution in [1.82, 2.24) is 5.32 Å². The average molecular weight is 346 g/mol. The van der Waals surface area contributed by atoms with Crippen molar-refractivity contribution >= 4 is 17.5 Å². The van der Waals surface area contributed by atoms with Crippen molar-refractivity contribution in [1.29, 1.82) is 0 Å². The van der Waals surface area contributed by atoms with Crippen LogP contribution in [-0.4, -0.2) is 25.2 Å². The van der Waals surface area contributed by atoms with E-state index < -0.39 is 0 Å². The van der Waals surface area contributed by atoms with Gasteiger partial charge < -0.3 is 14.8 Å². The Balaban J connectivity index is 1.49. The molecule has 1 N–H and O–H groups in total. The third kappa shape index (κ3) is 4.73. The summed E-state index contributed by atoms with van der Waals surface area (Å²) in [5.74, 6) is 0.623. The first-order valence-corrected chi connectivity index (χ1v) is 8.45. The van der Waals surface area contributed by atoms with Gasteiger partial charge in [-0.2, -0.15) is 0 Å². The van der Waals surface area contributed by atoms with E-state index in [2.05, 4.69) is 5.32 Å². The topological polar surface area (TPSA) is 47.6 Å². The van der Waals surface area contributed by atoms with E-state index >= 15 is 0 Å². The molecule has 0 bridgehead atoms. The predicted molar refractivity (Wildman–Crippen MR) is 93.5 cm³/mol. The van der Waals surface area contributed by atoms with Gasteiger partial charge in [0.2, 0.25) is 0 Å². The molecule has 0 aromatic heterocycles. The number of benzene rings is 2. The highest BCUT2D eigenvalue weighted by atomic mass is 35.5. The van der Waals surface area contributed by atoms with E-state index in [0.29, 0.717) is 23.7 Å². The van der Waals surface area contributed by atoms with Gasteiger partial charge in [-0.15, -0.1) is 0 Å². The molecule has 4 nitrogen and oxygen atoms in total. The van der Waals surface area contributed by atoms with Crippen LogP contribution in [0, 0.1) is 0 Å². The van der Waals surface area contributed by atoms with Crippen LogP contribution in [0.15, 0.2) is 48.5 Å². The molecule has 2 aromatic carbocycles. The molecular weight excluding hydrogens is 326 g/mol. The standard InChI is InChI=1S/C19H20ClNO3/c20-16-4-1-3-14(11-16)12-21-19(22)15-6-8-17(9-7-15)24-13-18-5-2-10-23-18/h1,3-4,6-9,11,18H,2,5,10,12-13H2,(H,21,22)/t18-/m0/s1. The molecule has 0 saturated carbocycles. The zero-order valence-electron chi connectivity index (χ0n) is 13.3. The molecule has 1 atom stereocenters. The van der Waals surface area contributed by atoms with Gasteiger partial charge in [-0.25, -0.2) is 0 Å². The number of nitrogens with one attached hydrogen (secondary N) is 1. The summed E-state index contributed by atoms with van der Waals surface area (Å²) < 4.78 is 11.2. The van der Waals surface area contributed by atoms with Gasteiger partial charge >= 0.3 is 0 Å². The Hall–Kier alpha value is -2.04. The van der Waals surface area contributed by atoms with E-state index in [4.69, 9.17) is 21.1 Å². The highest BCUT2D eigenvalue weighted by molar-refractivity contribution is 6.30. The Morgan fingerprint density at radius 1 is 1.25 bits per heavy atom. The van der Waals surface area contributed by atoms with Crippen molar-refractivity contribution in [3.05, 3.63) is 64.7 Å². The minimum atomic E-state index is -0.124. The summed E-state index contributed by atoms with van der Waals surface area (Å²) in [6.45, 7) is 1.82. The largest absolute Gasteiger partial charge is 0.491 e. The van der Waals surface area contributed by atoms with Crippen LogP contribution in [0.2, 0.25) is 5.02 Å². The van der Waals surface area contributed by atoms with E-state index in [1.54, 1.807) is 12.1 Å². The third-order valence-corrected chi connectivity index (χ3v) is 4.15. The summed E-state index contributed by atoms with van der Waals surface area (Å²) >= 11 is 5.94. The highest BCUT2D eigenvalue weighted by Crippen LogP contribution is 2.17. The minimum Gasteiger partial charge on any atom is -0.491 e. The highest BCUT2D eigenvalue weighted by Gasteiger charge is 2.16. The number of ether oxygens (including phenoxy) is 2. The number of rotatable bonds is 6. The molecule has 1 saturated heterocycles. The lowest BCUT2D eigenvalue weighted by Crippen LogP contribution is -2.22. The smallest absolute Gasteiger partial charge is 0.251 e. The molecule has 2 aromatic rings. The average Bonchev–Trinajstić information content (AvgIpc) is 3.12. The maximum atomic E-state index is 12.2. The van der Waals surface area contributed by atoms with Crippen LogP contribution in [0.4, 0.5) is 0 Å². The lowest BCUT2D eigenvalue weighted by Gasteiger charge is -2.12. The number of amides is 1. The van der Waals surface area contributed by atoms with Crippen LogP contribution < -0.4 is 10.1 Å². The lowest BCUT2D eigenvalue weighted by atomic mass is 10.2. The quantitative estimate of drug-likeness (QED) is 0.865. The molecule has 3 rings (SSSR count). The third-order valence-electron chi connectivity index (χ3n) is 3.92. The van der Waals surface area contributed by atoms with Crippen molar-refractivity contribution in [2.24, 2.45) is 0 Å². The second kappa shape index (κ2) is 8.18. The maximum Gasteiger partial charge on any atom is 0.251 e. The summed E-state index contributed by atoms with van der Waals surface area (Å²) in [6.07, 6.45) is 2.33. The molecule has 0 radical (unpaired) electrons. The Morgan fingerprint density at radius 2 is 2.08 bits per heavy atom. The van der Waals surface area contributed by atoms with E-state index in [0.717, 1.165) is 30.8 Å².